The second-order valence-corrected chi connectivity index (χ2v) is 3.10. The van der Waals surface area contributed by atoms with Crippen LogP contribution in [0.1, 0.15) is 6.92 Å². The normalized spacial score (nSPS) is 11.3. The molecule has 0 spiro atoms. The first-order chi connectivity index (χ1) is 7.01. The monoisotopic (exact) mass is 232 g/mol. The van der Waals surface area contributed by atoms with E-state index in [-0.39, 0.29) is 18.1 Å². The average Bonchev–Trinajstić information content (AvgIpc) is 2.22. The number of carbonyl (C=O) groups is 2. The molecule has 5 heteroatoms. The van der Waals surface area contributed by atoms with Gasteiger partial charge in [0.2, 0.25) is 0 Å². The quantitative estimate of drug-likeness (QED) is 0.395. The van der Waals surface area contributed by atoms with Crippen LogP contribution in [0.15, 0.2) is 24.8 Å². The van der Waals surface area contributed by atoms with E-state index < -0.39 is 18.0 Å². The smallest absolute Gasteiger partial charge is 0.333 e. The van der Waals surface area contributed by atoms with Gasteiger partial charge in [0, 0.05) is 11.6 Å². The summed E-state index contributed by atoms with van der Waals surface area (Å²) < 4.78 is 9.55. The lowest BCUT2D eigenvalue weighted by Gasteiger charge is -2.14. The van der Waals surface area contributed by atoms with Gasteiger partial charge in [0.05, 0.1) is 5.88 Å². The Morgan fingerprint density at radius 3 is 2.53 bits per heavy atom. The SMILES string of the molecule is C=CC(=O)OC(CCl)COC(=O)C(=C)C. The average molecular weight is 233 g/mol. The van der Waals surface area contributed by atoms with Crippen LogP contribution in [0.3, 0.4) is 0 Å². The molecule has 0 aliphatic heterocycles. The van der Waals surface area contributed by atoms with Gasteiger partial charge in [-0.1, -0.05) is 13.2 Å². The van der Waals surface area contributed by atoms with Gasteiger partial charge in [-0.3, -0.25) is 0 Å². The third-order valence-electron chi connectivity index (χ3n) is 1.37. The molecule has 0 aliphatic carbocycles. The lowest BCUT2D eigenvalue weighted by Crippen LogP contribution is -2.26. The van der Waals surface area contributed by atoms with Crippen LogP contribution in [-0.2, 0) is 19.1 Å². The fourth-order valence-corrected chi connectivity index (χ4v) is 0.766. The van der Waals surface area contributed by atoms with Crippen LogP contribution in [-0.4, -0.2) is 30.5 Å². The summed E-state index contributed by atoms with van der Waals surface area (Å²) in [6, 6.07) is 0. The van der Waals surface area contributed by atoms with Crippen LogP contribution in [0.25, 0.3) is 0 Å². The van der Waals surface area contributed by atoms with E-state index in [4.69, 9.17) is 21.1 Å². The molecule has 0 heterocycles. The Labute approximate surface area is 93.5 Å². The Balaban J connectivity index is 4.00. The van der Waals surface area contributed by atoms with E-state index in [1.54, 1.807) is 0 Å². The molecule has 0 amide bonds. The molecule has 0 radical (unpaired) electrons. The van der Waals surface area contributed by atoms with Crippen LogP contribution < -0.4 is 0 Å². The van der Waals surface area contributed by atoms with E-state index in [0.717, 1.165) is 6.08 Å². The topological polar surface area (TPSA) is 52.6 Å². The number of rotatable bonds is 6. The van der Waals surface area contributed by atoms with Gasteiger partial charge >= 0.3 is 11.9 Å². The highest BCUT2D eigenvalue weighted by Gasteiger charge is 2.14. The van der Waals surface area contributed by atoms with Crippen LogP contribution in [0.5, 0.6) is 0 Å². The minimum absolute atomic E-state index is 0.0447. The highest BCUT2D eigenvalue weighted by molar-refractivity contribution is 6.18. The van der Waals surface area contributed by atoms with Crippen LogP contribution in [0, 0.1) is 0 Å². The van der Waals surface area contributed by atoms with E-state index in [0.29, 0.717) is 0 Å². The zero-order valence-electron chi connectivity index (χ0n) is 8.49. The molecule has 0 aromatic heterocycles. The summed E-state index contributed by atoms with van der Waals surface area (Å²) in [5, 5.41) is 0. The van der Waals surface area contributed by atoms with Crippen LogP contribution >= 0.6 is 11.6 Å². The number of hydrogen-bond acceptors (Lipinski definition) is 4. The van der Waals surface area contributed by atoms with Crippen molar-refractivity contribution in [1.29, 1.82) is 0 Å². The van der Waals surface area contributed by atoms with Crippen molar-refractivity contribution >= 4 is 23.5 Å². The van der Waals surface area contributed by atoms with Crippen molar-refractivity contribution in [3.05, 3.63) is 24.8 Å². The third kappa shape index (κ3) is 5.91. The molecule has 1 atom stereocenters. The Bertz CT molecular complexity index is 273. The molecule has 4 nitrogen and oxygen atoms in total. The van der Waals surface area contributed by atoms with Crippen LogP contribution in [0.2, 0.25) is 0 Å². The van der Waals surface area contributed by atoms with Gasteiger partial charge in [0.15, 0.2) is 0 Å². The maximum absolute atomic E-state index is 11.0. The largest absolute Gasteiger partial charge is 0.458 e. The Kier molecular flexibility index (Phi) is 6.45. The van der Waals surface area contributed by atoms with Gasteiger partial charge < -0.3 is 9.47 Å². The zero-order chi connectivity index (χ0) is 11.8. The highest BCUT2D eigenvalue weighted by atomic mass is 35.5. The molecule has 0 rings (SSSR count). The van der Waals surface area contributed by atoms with Crippen molar-refractivity contribution in [2.75, 3.05) is 12.5 Å². The molecule has 0 saturated heterocycles. The van der Waals surface area contributed by atoms with Gasteiger partial charge in [-0.25, -0.2) is 9.59 Å². The highest BCUT2D eigenvalue weighted by Crippen LogP contribution is 2.00. The predicted octanol–water partition coefficient (Wildman–Crippen LogP) is 1.44. The molecule has 0 aliphatic rings. The Hall–Kier alpha value is -1.29. The Morgan fingerprint density at radius 2 is 2.13 bits per heavy atom. The summed E-state index contributed by atoms with van der Waals surface area (Å²) in [4.78, 5) is 21.8. The molecular formula is C10H13ClO4. The fourth-order valence-electron chi connectivity index (χ4n) is 0.614. The summed E-state index contributed by atoms with van der Waals surface area (Å²) >= 11 is 5.51. The van der Waals surface area contributed by atoms with E-state index in [1.807, 2.05) is 0 Å². The summed E-state index contributed by atoms with van der Waals surface area (Å²) in [6.07, 6.45) is 0.348. The van der Waals surface area contributed by atoms with E-state index >= 15 is 0 Å². The van der Waals surface area contributed by atoms with Crippen molar-refractivity contribution < 1.29 is 19.1 Å². The molecule has 0 saturated carbocycles. The van der Waals surface area contributed by atoms with Crippen molar-refractivity contribution in [2.45, 2.75) is 13.0 Å². The number of ether oxygens (including phenoxy) is 2. The molecule has 0 aromatic rings. The van der Waals surface area contributed by atoms with Crippen molar-refractivity contribution in [1.82, 2.24) is 0 Å². The van der Waals surface area contributed by atoms with Gasteiger partial charge in [0.25, 0.3) is 0 Å². The van der Waals surface area contributed by atoms with Gasteiger partial charge in [0.1, 0.15) is 12.7 Å². The summed E-state index contributed by atoms with van der Waals surface area (Å²) in [5.41, 5.74) is 0.276. The van der Waals surface area contributed by atoms with Gasteiger partial charge in [-0.2, -0.15) is 0 Å². The second kappa shape index (κ2) is 7.06. The lowest BCUT2D eigenvalue weighted by molar-refractivity contribution is -0.151. The molecule has 84 valence electrons. The van der Waals surface area contributed by atoms with Gasteiger partial charge in [-0.15, -0.1) is 11.6 Å². The number of hydrogen-bond donors (Lipinski definition) is 0. The summed E-state index contributed by atoms with van der Waals surface area (Å²) in [7, 11) is 0. The van der Waals surface area contributed by atoms with Crippen molar-refractivity contribution in [3.63, 3.8) is 0 Å². The van der Waals surface area contributed by atoms with E-state index in [2.05, 4.69) is 13.2 Å². The number of carbonyl (C=O) groups excluding carboxylic acids is 2. The lowest BCUT2D eigenvalue weighted by atomic mass is 10.3. The molecule has 15 heavy (non-hydrogen) atoms. The van der Waals surface area contributed by atoms with Crippen LogP contribution in [0.4, 0.5) is 0 Å². The third-order valence-corrected chi connectivity index (χ3v) is 1.71. The standard InChI is InChI=1S/C10H13ClO4/c1-4-9(12)15-8(5-11)6-14-10(13)7(2)3/h4,8H,1-2,5-6H2,3H3. The first-order valence-corrected chi connectivity index (χ1v) is 4.76. The zero-order valence-corrected chi connectivity index (χ0v) is 9.25. The minimum Gasteiger partial charge on any atom is -0.458 e. The fraction of sp³-hybridized carbons (Fsp3) is 0.400. The molecule has 0 aromatic carbocycles. The summed E-state index contributed by atoms with van der Waals surface area (Å²) in [6.45, 7) is 8.07. The molecule has 0 N–H and O–H groups in total. The summed E-state index contributed by atoms with van der Waals surface area (Å²) in [5.74, 6) is -1.10. The van der Waals surface area contributed by atoms with Crippen molar-refractivity contribution in [3.8, 4) is 0 Å². The predicted molar refractivity (Wildman–Crippen MR) is 56.6 cm³/mol. The first-order valence-electron chi connectivity index (χ1n) is 4.23. The first kappa shape index (κ1) is 13.7. The van der Waals surface area contributed by atoms with E-state index in [9.17, 15) is 9.59 Å². The maximum Gasteiger partial charge on any atom is 0.333 e. The maximum atomic E-state index is 11.0. The van der Waals surface area contributed by atoms with Gasteiger partial charge in [-0.05, 0) is 6.92 Å². The molecule has 1 unspecified atom stereocenters. The molecule has 0 fully saturated rings. The second-order valence-electron chi connectivity index (χ2n) is 2.80. The number of alkyl halides is 1. The molecular weight excluding hydrogens is 220 g/mol. The number of halogens is 1. The van der Waals surface area contributed by atoms with Crippen molar-refractivity contribution in [2.24, 2.45) is 0 Å². The molecule has 0 bridgehead atoms. The minimum atomic E-state index is -0.666. The number of esters is 2. The Morgan fingerprint density at radius 1 is 1.53 bits per heavy atom. The van der Waals surface area contributed by atoms with E-state index in [1.165, 1.54) is 6.92 Å².